The van der Waals surface area contributed by atoms with E-state index in [1.54, 1.807) is 32.0 Å². The lowest BCUT2D eigenvalue weighted by Gasteiger charge is -2.18. The van der Waals surface area contributed by atoms with E-state index in [4.69, 9.17) is 4.74 Å². The van der Waals surface area contributed by atoms with Crippen molar-refractivity contribution in [2.75, 3.05) is 19.7 Å². The molecule has 0 heterocycles. The SMILES string of the molecule is CCN(CC)S(=O)(=O)c1ccc(CNC(=O)COc2cccc(F)c2)cc1. The normalized spacial score (nSPS) is 11.4. The van der Waals surface area contributed by atoms with Crippen molar-refractivity contribution in [3.63, 3.8) is 0 Å². The van der Waals surface area contributed by atoms with E-state index in [0.29, 0.717) is 13.1 Å². The van der Waals surface area contributed by atoms with Gasteiger partial charge in [0.25, 0.3) is 5.91 Å². The van der Waals surface area contributed by atoms with Gasteiger partial charge in [-0.05, 0) is 29.8 Å². The highest BCUT2D eigenvalue weighted by Crippen LogP contribution is 2.16. The molecule has 0 bridgehead atoms. The van der Waals surface area contributed by atoms with E-state index in [0.717, 1.165) is 5.56 Å². The molecule has 0 aromatic heterocycles. The number of halogens is 1. The van der Waals surface area contributed by atoms with Gasteiger partial charge in [-0.25, -0.2) is 12.8 Å². The van der Waals surface area contributed by atoms with Crippen LogP contribution < -0.4 is 10.1 Å². The molecule has 1 N–H and O–H groups in total. The summed E-state index contributed by atoms with van der Waals surface area (Å²) >= 11 is 0. The number of carbonyl (C=O) groups excluding carboxylic acids is 1. The van der Waals surface area contributed by atoms with E-state index >= 15 is 0 Å². The van der Waals surface area contributed by atoms with Gasteiger partial charge in [-0.15, -0.1) is 0 Å². The van der Waals surface area contributed by atoms with Crippen LogP contribution in [0, 0.1) is 5.82 Å². The summed E-state index contributed by atoms with van der Waals surface area (Å²) in [5.74, 6) is -0.525. The van der Waals surface area contributed by atoms with E-state index in [9.17, 15) is 17.6 Å². The molecule has 0 aliphatic heterocycles. The van der Waals surface area contributed by atoms with Crippen LogP contribution in [-0.4, -0.2) is 38.3 Å². The monoisotopic (exact) mass is 394 g/mol. The molecule has 0 atom stereocenters. The summed E-state index contributed by atoms with van der Waals surface area (Å²) in [6, 6.07) is 11.9. The van der Waals surface area contributed by atoms with Gasteiger partial charge in [-0.1, -0.05) is 32.0 Å². The van der Waals surface area contributed by atoms with Crippen LogP contribution in [0.4, 0.5) is 4.39 Å². The molecule has 2 aromatic rings. The van der Waals surface area contributed by atoms with Gasteiger partial charge >= 0.3 is 0 Å². The number of nitrogens with one attached hydrogen (secondary N) is 1. The summed E-state index contributed by atoms with van der Waals surface area (Å²) in [6.07, 6.45) is 0. The van der Waals surface area contributed by atoms with Crippen molar-refractivity contribution in [3.8, 4) is 5.75 Å². The van der Waals surface area contributed by atoms with Crippen molar-refractivity contribution in [1.82, 2.24) is 9.62 Å². The van der Waals surface area contributed by atoms with E-state index in [2.05, 4.69) is 5.32 Å². The van der Waals surface area contributed by atoms with Crippen molar-refractivity contribution in [2.24, 2.45) is 0 Å². The Balaban J connectivity index is 1.88. The number of hydrogen-bond acceptors (Lipinski definition) is 4. The van der Waals surface area contributed by atoms with Crippen LogP contribution >= 0.6 is 0 Å². The summed E-state index contributed by atoms with van der Waals surface area (Å²) in [5, 5.41) is 2.67. The molecule has 2 aromatic carbocycles. The standard InChI is InChI=1S/C19H23FN2O4S/c1-3-22(4-2)27(24,25)18-10-8-15(9-11-18)13-21-19(23)14-26-17-7-5-6-16(20)12-17/h5-12H,3-4,13-14H2,1-2H3,(H,21,23). The second kappa shape index (κ2) is 9.48. The lowest BCUT2D eigenvalue weighted by molar-refractivity contribution is -0.123. The maximum atomic E-state index is 13.0. The van der Waals surface area contributed by atoms with Crippen molar-refractivity contribution in [2.45, 2.75) is 25.3 Å². The number of carbonyl (C=O) groups is 1. The number of nitrogens with zero attached hydrogens (tertiary/aromatic N) is 1. The van der Waals surface area contributed by atoms with Crippen molar-refractivity contribution >= 4 is 15.9 Å². The molecule has 0 unspecified atom stereocenters. The Labute approximate surface area is 159 Å². The first kappa shape index (κ1) is 20.9. The fourth-order valence-electron chi connectivity index (χ4n) is 2.45. The topological polar surface area (TPSA) is 75.7 Å². The average molecular weight is 394 g/mol. The molecule has 0 radical (unpaired) electrons. The smallest absolute Gasteiger partial charge is 0.258 e. The van der Waals surface area contributed by atoms with Crippen LogP contribution in [0.25, 0.3) is 0 Å². The van der Waals surface area contributed by atoms with Gasteiger partial charge in [0.05, 0.1) is 4.90 Å². The predicted molar refractivity (Wildman–Crippen MR) is 100 cm³/mol. The van der Waals surface area contributed by atoms with Crippen molar-refractivity contribution < 1.29 is 22.3 Å². The minimum Gasteiger partial charge on any atom is -0.484 e. The molecule has 0 aliphatic rings. The highest BCUT2D eigenvalue weighted by atomic mass is 32.2. The molecule has 2 rings (SSSR count). The highest BCUT2D eigenvalue weighted by Gasteiger charge is 2.21. The first-order chi connectivity index (χ1) is 12.9. The fraction of sp³-hybridized carbons (Fsp3) is 0.316. The van der Waals surface area contributed by atoms with E-state index in [1.807, 2.05) is 0 Å². The van der Waals surface area contributed by atoms with Crippen LogP contribution in [0.15, 0.2) is 53.4 Å². The summed E-state index contributed by atoms with van der Waals surface area (Å²) < 4.78 is 44.5. The van der Waals surface area contributed by atoms with Crippen LogP contribution in [0.2, 0.25) is 0 Å². The first-order valence-corrected chi connectivity index (χ1v) is 10.0. The van der Waals surface area contributed by atoms with Gasteiger partial charge in [0, 0.05) is 25.7 Å². The van der Waals surface area contributed by atoms with Gasteiger partial charge in [-0.3, -0.25) is 4.79 Å². The van der Waals surface area contributed by atoms with Crippen LogP contribution in [0.5, 0.6) is 5.75 Å². The predicted octanol–water partition coefficient (Wildman–Crippen LogP) is 2.55. The summed E-state index contributed by atoms with van der Waals surface area (Å²) in [7, 11) is -3.50. The van der Waals surface area contributed by atoms with Gasteiger partial charge in [-0.2, -0.15) is 4.31 Å². The van der Waals surface area contributed by atoms with Gasteiger partial charge < -0.3 is 10.1 Å². The number of rotatable bonds is 9. The first-order valence-electron chi connectivity index (χ1n) is 8.61. The van der Waals surface area contributed by atoms with Crippen molar-refractivity contribution in [1.29, 1.82) is 0 Å². The Bertz CT molecular complexity index is 866. The number of amides is 1. The molecule has 8 heteroatoms. The van der Waals surface area contributed by atoms with Crippen LogP contribution in [0.3, 0.4) is 0 Å². The second-order valence-electron chi connectivity index (χ2n) is 5.76. The molecule has 146 valence electrons. The minimum absolute atomic E-state index is 0.218. The zero-order valence-corrected chi connectivity index (χ0v) is 16.1. The third kappa shape index (κ3) is 5.77. The van der Waals surface area contributed by atoms with Gasteiger partial charge in [0.1, 0.15) is 11.6 Å². The summed E-state index contributed by atoms with van der Waals surface area (Å²) in [5.41, 5.74) is 0.757. The van der Waals surface area contributed by atoms with E-state index in [1.165, 1.54) is 34.6 Å². The van der Waals surface area contributed by atoms with Gasteiger partial charge in [0.2, 0.25) is 10.0 Å². The number of ether oxygens (including phenoxy) is 1. The number of benzene rings is 2. The maximum absolute atomic E-state index is 13.0. The Hall–Kier alpha value is -2.45. The summed E-state index contributed by atoms with van der Waals surface area (Å²) in [4.78, 5) is 12.1. The largest absolute Gasteiger partial charge is 0.484 e. The second-order valence-corrected chi connectivity index (χ2v) is 7.69. The Morgan fingerprint density at radius 1 is 1.11 bits per heavy atom. The number of sulfonamides is 1. The minimum atomic E-state index is -3.50. The average Bonchev–Trinajstić information content (AvgIpc) is 2.66. The summed E-state index contributed by atoms with van der Waals surface area (Å²) in [6.45, 7) is 4.38. The maximum Gasteiger partial charge on any atom is 0.258 e. The zero-order valence-electron chi connectivity index (χ0n) is 15.3. The molecule has 1 amide bonds. The Morgan fingerprint density at radius 3 is 2.37 bits per heavy atom. The lowest BCUT2D eigenvalue weighted by Crippen LogP contribution is -2.30. The lowest BCUT2D eigenvalue weighted by atomic mass is 10.2. The molecule has 27 heavy (non-hydrogen) atoms. The molecule has 6 nitrogen and oxygen atoms in total. The van der Waals surface area contributed by atoms with Gasteiger partial charge in [0.15, 0.2) is 6.61 Å². The molecule has 0 saturated carbocycles. The quantitative estimate of drug-likeness (QED) is 0.709. The molecule has 0 aliphatic carbocycles. The van der Waals surface area contributed by atoms with Crippen LogP contribution in [0.1, 0.15) is 19.4 Å². The highest BCUT2D eigenvalue weighted by molar-refractivity contribution is 7.89. The molecule has 0 spiro atoms. The molecule has 0 saturated heterocycles. The Morgan fingerprint density at radius 2 is 1.78 bits per heavy atom. The van der Waals surface area contributed by atoms with E-state index in [-0.39, 0.29) is 29.7 Å². The molecule has 0 fully saturated rings. The fourth-order valence-corrected chi connectivity index (χ4v) is 3.91. The van der Waals surface area contributed by atoms with E-state index < -0.39 is 15.8 Å². The van der Waals surface area contributed by atoms with Crippen molar-refractivity contribution in [3.05, 3.63) is 59.9 Å². The molecular weight excluding hydrogens is 371 g/mol. The van der Waals surface area contributed by atoms with Crippen LogP contribution in [-0.2, 0) is 21.4 Å². The zero-order chi connectivity index (χ0) is 19.9. The Kier molecular flexibility index (Phi) is 7.32. The third-order valence-electron chi connectivity index (χ3n) is 3.92. The third-order valence-corrected chi connectivity index (χ3v) is 5.99. The molecular formula is C19H23FN2O4S. The number of hydrogen-bond donors (Lipinski definition) is 1.